The molecule has 4 aromatic carbocycles. The Balaban J connectivity index is 1.54. The van der Waals surface area contributed by atoms with Crippen LogP contribution >= 0.6 is 0 Å². The third-order valence-corrected chi connectivity index (χ3v) is 5.48. The summed E-state index contributed by atoms with van der Waals surface area (Å²) in [5.74, 6) is 1.69. The average Bonchev–Trinajstić information content (AvgIpc) is 2.89. The Morgan fingerprint density at radius 1 is 0.686 bits per heavy atom. The van der Waals surface area contributed by atoms with Gasteiger partial charge in [-0.2, -0.15) is 0 Å². The topological polar surface area (TPSA) is 68.2 Å². The fourth-order valence-corrected chi connectivity index (χ4v) is 3.61. The highest BCUT2D eigenvalue weighted by molar-refractivity contribution is 5.57. The second-order valence-electron chi connectivity index (χ2n) is 8.01. The summed E-state index contributed by atoms with van der Waals surface area (Å²) in [5, 5.41) is 20.6. The van der Waals surface area contributed by atoms with Gasteiger partial charge >= 0.3 is 0 Å². The van der Waals surface area contributed by atoms with Crippen molar-refractivity contribution in [2.45, 2.75) is 19.6 Å². The summed E-state index contributed by atoms with van der Waals surface area (Å²) < 4.78 is 17.2. The van der Waals surface area contributed by atoms with Crippen LogP contribution in [0.3, 0.4) is 0 Å². The first-order chi connectivity index (χ1) is 17.1. The third-order valence-electron chi connectivity index (χ3n) is 5.48. The number of phenols is 2. The lowest BCUT2D eigenvalue weighted by Crippen LogP contribution is -2.01. The molecule has 0 saturated heterocycles. The molecule has 0 radical (unpaired) electrons. The summed E-state index contributed by atoms with van der Waals surface area (Å²) in [7, 11) is 1.51. The number of allylic oxidation sites excluding steroid dienone is 1. The van der Waals surface area contributed by atoms with Gasteiger partial charge in [-0.3, -0.25) is 0 Å². The molecule has 0 amide bonds. The smallest absolute Gasteiger partial charge is 0.161 e. The van der Waals surface area contributed by atoms with Gasteiger partial charge in [0.15, 0.2) is 11.5 Å². The number of methoxy groups -OCH3 is 1. The lowest BCUT2D eigenvalue weighted by atomic mass is 10.1. The lowest BCUT2D eigenvalue weighted by molar-refractivity contribution is 0.284. The molecule has 0 bridgehead atoms. The Hall–Kier alpha value is -4.38. The fourth-order valence-electron chi connectivity index (χ4n) is 3.61. The van der Waals surface area contributed by atoms with Gasteiger partial charge in [0.1, 0.15) is 30.5 Å². The van der Waals surface area contributed by atoms with Gasteiger partial charge < -0.3 is 24.4 Å². The van der Waals surface area contributed by atoms with Gasteiger partial charge in [0.25, 0.3) is 0 Å². The van der Waals surface area contributed by atoms with Crippen LogP contribution in [0.4, 0.5) is 0 Å². The fraction of sp³-hybridized carbons (Fsp3) is 0.133. The second kappa shape index (κ2) is 11.7. The minimum atomic E-state index is 0.0879. The van der Waals surface area contributed by atoms with Crippen LogP contribution in [0.15, 0.2) is 97.1 Å². The Morgan fingerprint density at radius 3 is 2.00 bits per heavy atom. The molecule has 0 aromatic heterocycles. The summed E-state index contributed by atoms with van der Waals surface area (Å²) in [6, 6.07) is 28.3. The molecule has 178 valence electrons. The van der Waals surface area contributed by atoms with Crippen molar-refractivity contribution >= 4 is 6.08 Å². The first-order valence-corrected chi connectivity index (χ1v) is 11.4. The van der Waals surface area contributed by atoms with Crippen molar-refractivity contribution < 1.29 is 24.4 Å². The van der Waals surface area contributed by atoms with E-state index in [1.807, 2.05) is 78.9 Å². The van der Waals surface area contributed by atoms with Crippen LogP contribution in [0.25, 0.3) is 6.08 Å². The molecule has 4 aromatic rings. The summed E-state index contributed by atoms with van der Waals surface area (Å²) in [6.07, 6.45) is 4.28. The molecule has 5 nitrogen and oxygen atoms in total. The van der Waals surface area contributed by atoms with Crippen molar-refractivity contribution in [3.8, 4) is 28.7 Å². The van der Waals surface area contributed by atoms with Crippen molar-refractivity contribution in [3.63, 3.8) is 0 Å². The average molecular weight is 469 g/mol. The number of hydrogen-bond donors (Lipinski definition) is 2. The molecule has 0 heterocycles. The zero-order chi connectivity index (χ0) is 24.5. The van der Waals surface area contributed by atoms with E-state index in [4.69, 9.17) is 14.2 Å². The van der Waals surface area contributed by atoms with E-state index in [1.54, 1.807) is 24.3 Å². The van der Waals surface area contributed by atoms with Gasteiger partial charge in [-0.15, -0.1) is 0 Å². The van der Waals surface area contributed by atoms with E-state index >= 15 is 0 Å². The van der Waals surface area contributed by atoms with E-state index in [1.165, 1.54) is 7.11 Å². The number of phenolic OH excluding ortho intramolecular Hbond substituents is 2. The highest BCUT2D eigenvalue weighted by Crippen LogP contribution is 2.35. The first kappa shape index (κ1) is 23.8. The van der Waals surface area contributed by atoms with E-state index in [9.17, 15) is 10.2 Å². The highest BCUT2D eigenvalue weighted by Gasteiger charge is 2.13. The minimum Gasteiger partial charge on any atom is -0.507 e. The van der Waals surface area contributed by atoms with E-state index < -0.39 is 0 Å². The molecule has 4 rings (SSSR count). The number of rotatable bonds is 10. The Kier molecular flexibility index (Phi) is 7.92. The molecular weight excluding hydrogens is 440 g/mol. The van der Waals surface area contributed by atoms with Gasteiger partial charge in [-0.25, -0.2) is 0 Å². The largest absolute Gasteiger partial charge is 0.507 e. The van der Waals surface area contributed by atoms with Crippen LogP contribution in [0, 0.1) is 0 Å². The Morgan fingerprint density at radius 2 is 1.34 bits per heavy atom. The summed E-state index contributed by atoms with van der Waals surface area (Å²) >= 11 is 0. The first-order valence-electron chi connectivity index (χ1n) is 11.4. The molecule has 35 heavy (non-hydrogen) atoms. The number of aromatic hydroxyl groups is 2. The molecule has 0 unspecified atom stereocenters. The molecular formula is C30H28O5. The minimum absolute atomic E-state index is 0.0879. The molecule has 0 aliphatic carbocycles. The van der Waals surface area contributed by atoms with Crippen LogP contribution in [0.1, 0.15) is 22.3 Å². The van der Waals surface area contributed by atoms with Crippen LogP contribution in [-0.2, 0) is 19.6 Å². The van der Waals surface area contributed by atoms with Crippen LogP contribution in [0.5, 0.6) is 28.7 Å². The summed E-state index contributed by atoms with van der Waals surface area (Å²) in [4.78, 5) is 0. The maximum atomic E-state index is 10.8. The molecule has 0 atom stereocenters. The monoisotopic (exact) mass is 468 g/mol. The number of hydrogen-bond acceptors (Lipinski definition) is 5. The van der Waals surface area contributed by atoms with Gasteiger partial charge in [-0.05, 0) is 35.2 Å². The predicted molar refractivity (Wildman–Crippen MR) is 137 cm³/mol. The lowest BCUT2D eigenvalue weighted by Gasteiger charge is -2.15. The van der Waals surface area contributed by atoms with Gasteiger partial charge in [-0.1, -0.05) is 78.9 Å². The van der Waals surface area contributed by atoms with E-state index in [-0.39, 0.29) is 11.5 Å². The van der Waals surface area contributed by atoms with Crippen molar-refractivity contribution in [2.24, 2.45) is 0 Å². The van der Waals surface area contributed by atoms with Crippen LogP contribution in [-0.4, -0.2) is 17.3 Å². The SMILES string of the molecule is COc1cc(/C=C/Cc2c(O)cc(OCc3ccccc3)cc2OCc2ccccc2)ccc1O. The normalized spacial score (nSPS) is 10.9. The summed E-state index contributed by atoms with van der Waals surface area (Å²) in [6.45, 7) is 0.759. The van der Waals surface area contributed by atoms with E-state index in [2.05, 4.69) is 0 Å². The van der Waals surface area contributed by atoms with Gasteiger partial charge in [0.2, 0.25) is 0 Å². The molecule has 0 saturated carbocycles. The number of ether oxygens (including phenoxy) is 3. The van der Waals surface area contributed by atoms with Crippen molar-refractivity contribution in [2.75, 3.05) is 7.11 Å². The van der Waals surface area contributed by atoms with E-state index in [0.29, 0.717) is 42.4 Å². The zero-order valence-electron chi connectivity index (χ0n) is 19.6. The van der Waals surface area contributed by atoms with Gasteiger partial charge in [0, 0.05) is 17.7 Å². The zero-order valence-corrected chi connectivity index (χ0v) is 19.6. The maximum absolute atomic E-state index is 10.8. The Bertz CT molecular complexity index is 1270. The summed E-state index contributed by atoms with van der Waals surface area (Å²) in [5.41, 5.74) is 3.60. The quantitative estimate of drug-likeness (QED) is 0.277. The number of benzene rings is 4. The van der Waals surface area contributed by atoms with Crippen LogP contribution in [0.2, 0.25) is 0 Å². The molecule has 0 fully saturated rings. The standard InChI is InChI=1S/C30H28O5/c1-33-30-17-22(15-16-27(30)31)13-8-14-26-28(32)18-25(34-20-23-9-4-2-5-10-23)19-29(26)35-21-24-11-6-3-7-12-24/h2-13,15-19,31-32H,14,20-21H2,1H3/b13-8+. The Labute approximate surface area is 205 Å². The van der Waals surface area contributed by atoms with Crippen molar-refractivity contribution in [3.05, 3.63) is 119 Å². The molecule has 5 heteroatoms. The molecule has 0 aliphatic heterocycles. The molecule has 2 N–H and O–H groups in total. The van der Waals surface area contributed by atoms with Crippen molar-refractivity contribution in [1.29, 1.82) is 0 Å². The van der Waals surface area contributed by atoms with E-state index in [0.717, 1.165) is 16.7 Å². The van der Waals surface area contributed by atoms with Crippen molar-refractivity contribution in [1.82, 2.24) is 0 Å². The third kappa shape index (κ3) is 6.58. The molecule has 0 spiro atoms. The predicted octanol–water partition coefficient (Wildman–Crippen LogP) is 6.52. The maximum Gasteiger partial charge on any atom is 0.161 e. The second-order valence-corrected chi connectivity index (χ2v) is 8.01. The highest BCUT2D eigenvalue weighted by atomic mass is 16.5. The van der Waals surface area contributed by atoms with Gasteiger partial charge in [0.05, 0.1) is 7.11 Å². The van der Waals surface area contributed by atoms with Crippen LogP contribution < -0.4 is 14.2 Å². The molecule has 0 aliphatic rings.